The van der Waals surface area contributed by atoms with Crippen molar-refractivity contribution in [1.29, 1.82) is 5.41 Å². The van der Waals surface area contributed by atoms with E-state index in [4.69, 9.17) is 15.9 Å². The van der Waals surface area contributed by atoms with E-state index < -0.39 is 17.6 Å². The van der Waals surface area contributed by atoms with Crippen molar-refractivity contribution in [3.05, 3.63) is 70.5 Å². The first-order valence-corrected chi connectivity index (χ1v) is 18.1. The zero-order chi connectivity index (χ0) is 35.5. The van der Waals surface area contributed by atoms with Gasteiger partial charge >= 0.3 is 0 Å². The highest BCUT2D eigenvalue weighted by molar-refractivity contribution is 6.09. The smallest absolute Gasteiger partial charge is 0.254 e. The average Bonchev–Trinajstić information content (AvgIpc) is 3.12. The van der Waals surface area contributed by atoms with E-state index in [1.807, 2.05) is 4.90 Å². The van der Waals surface area contributed by atoms with Gasteiger partial charge in [-0.05, 0) is 68.2 Å². The predicted octanol–water partition coefficient (Wildman–Crippen LogP) is 3.82. The van der Waals surface area contributed by atoms with Crippen LogP contribution < -0.4 is 16.4 Å². The molecule has 270 valence electrons. The molecule has 0 aromatic heterocycles. The van der Waals surface area contributed by atoms with Crippen molar-refractivity contribution in [3.63, 3.8) is 0 Å². The molecular weight excluding hydrogens is 639 g/mol. The lowest BCUT2D eigenvalue weighted by molar-refractivity contribution is -0.136. The van der Waals surface area contributed by atoms with Gasteiger partial charge in [-0.15, -0.1) is 0 Å². The molecule has 0 unspecified atom stereocenters. The van der Waals surface area contributed by atoms with Crippen molar-refractivity contribution in [2.24, 2.45) is 11.7 Å². The zero-order valence-electron chi connectivity index (χ0n) is 28.9. The van der Waals surface area contributed by atoms with E-state index in [1.165, 1.54) is 50.3 Å². The van der Waals surface area contributed by atoms with Crippen molar-refractivity contribution in [3.8, 4) is 0 Å². The summed E-state index contributed by atoms with van der Waals surface area (Å²) in [7, 11) is 0. The quantitative estimate of drug-likeness (QED) is 0.174. The van der Waals surface area contributed by atoms with Crippen LogP contribution in [0.15, 0.2) is 42.5 Å². The molecular formula is C38H51FN6O5. The molecule has 12 heteroatoms. The molecule has 50 heavy (non-hydrogen) atoms. The van der Waals surface area contributed by atoms with E-state index in [1.54, 1.807) is 24.3 Å². The molecule has 4 amide bonds. The van der Waals surface area contributed by atoms with E-state index in [0.717, 1.165) is 51.9 Å². The number of nitrogens with two attached hydrogens (primary N) is 1. The molecule has 2 aliphatic heterocycles. The highest BCUT2D eigenvalue weighted by atomic mass is 19.1. The van der Waals surface area contributed by atoms with Gasteiger partial charge in [-0.25, -0.2) is 4.39 Å². The minimum Gasteiger partial charge on any atom is -0.375 e. The molecule has 0 bridgehead atoms. The minimum absolute atomic E-state index is 0.0755. The first-order valence-electron chi connectivity index (χ1n) is 18.1. The van der Waals surface area contributed by atoms with Crippen LogP contribution in [0.25, 0.3) is 0 Å². The van der Waals surface area contributed by atoms with E-state index in [2.05, 4.69) is 15.5 Å². The average molecular weight is 691 g/mol. The maximum absolute atomic E-state index is 14.6. The number of likely N-dealkylation sites (tertiary alicyclic amines) is 2. The van der Waals surface area contributed by atoms with Crippen molar-refractivity contribution in [2.75, 3.05) is 45.8 Å². The Hall–Kier alpha value is -4.16. The number of primary amides is 1. The molecule has 0 atom stereocenters. The van der Waals surface area contributed by atoms with E-state index in [-0.39, 0.29) is 61.0 Å². The third-order valence-electron chi connectivity index (χ3n) is 10.2. The summed E-state index contributed by atoms with van der Waals surface area (Å²) >= 11 is 0. The second-order valence-corrected chi connectivity index (χ2v) is 13.9. The number of benzene rings is 2. The fourth-order valence-corrected chi connectivity index (χ4v) is 7.33. The Labute approximate surface area is 294 Å². The van der Waals surface area contributed by atoms with Crippen LogP contribution in [0.4, 0.5) is 4.39 Å². The first-order chi connectivity index (χ1) is 24.2. The number of hydrogen-bond acceptors (Lipinski definition) is 7. The first kappa shape index (κ1) is 37.1. The van der Waals surface area contributed by atoms with E-state index >= 15 is 0 Å². The zero-order valence-corrected chi connectivity index (χ0v) is 28.9. The molecule has 5 rings (SSSR count). The number of nitrogens with one attached hydrogen (secondary N) is 3. The number of carbonyl (C=O) groups excluding carboxylic acids is 4. The third-order valence-corrected chi connectivity index (χ3v) is 10.2. The fraction of sp³-hybridized carbons (Fsp3) is 0.553. The van der Waals surface area contributed by atoms with Gasteiger partial charge in [0.2, 0.25) is 17.7 Å². The van der Waals surface area contributed by atoms with Crippen LogP contribution in [0.3, 0.4) is 0 Å². The molecule has 2 heterocycles. The lowest BCUT2D eigenvalue weighted by Gasteiger charge is -2.37. The summed E-state index contributed by atoms with van der Waals surface area (Å²) in [4.78, 5) is 54.0. The van der Waals surface area contributed by atoms with Crippen LogP contribution in [0.5, 0.6) is 0 Å². The SMILES string of the molecule is N=C(Cc1ccc(F)c(C(=O)NCCNC(=O)CN2CCC(OC3CCN(C(=O)CC4CCCCC4)CC3)CC2)c1)c1ccccc1C(N)=O. The lowest BCUT2D eigenvalue weighted by atomic mass is 9.86. The third kappa shape index (κ3) is 10.7. The molecule has 0 spiro atoms. The van der Waals surface area contributed by atoms with E-state index in [0.29, 0.717) is 29.4 Å². The number of halogens is 1. The Bertz CT molecular complexity index is 1510. The van der Waals surface area contributed by atoms with Gasteiger partial charge in [0.15, 0.2) is 0 Å². The van der Waals surface area contributed by atoms with Crippen LogP contribution in [0.2, 0.25) is 0 Å². The Morgan fingerprint density at radius 2 is 1.46 bits per heavy atom. The topological polar surface area (TPSA) is 158 Å². The molecule has 2 saturated heterocycles. The standard InChI is InChI=1S/C38H51FN6O5/c39-33-11-10-27(23-34(40)30-8-4-5-9-31(30)37(41)48)22-32(33)38(49)43-17-16-42-35(46)25-44-18-12-28(13-19-44)50-29-14-20-45(21-15-29)36(47)24-26-6-2-1-3-7-26/h4-5,8-11,22,26,28-29,40H,1-3,6-7,12-21,23-25H2,(H2,41,48)(H,42,46)(H,43,49). The van der Waals surface area contributed by atoms with Gasteiger partial charge < -0.3 is 31.4 Å². The van der Waals surface area contributed by atoms with Crippen LogP contribution >= 0.6 is 0 Å². The highest BCUT2D eigenvalue weighted by Crippen LogP contribution is 2.28. The highest BCUT2D eigenvalue weighted by Gasteiger charge is 2.29. The van der Waals surface area contributed by atoms with Crippen molar-refractivity contribution < 1.29 is 28.3 Å². The molecule has 1 aliphatic carbocycles. The van der Waals surface area contributed by atoms with E-state index in [9.17, 15) is 23.6 Å². The van der Waals surface area contributed by atoms with Crippen LogP contribution in [0.1, 0.15) is 96.1 Å². The van der Waals surface area contributed by atoms with Crippen molar-refractivity contribution in [2.45, 2.75) is 82.8 Å². The molecule has 5 N–H and O–H groups in total. The number of piperidine rings is 2. The monoisotopic (exact) mass is 690 g/mol. The number of carbonyl (C=O) groups is 4. The summed E-state index contributed by atoms with van der Waals surface area (Å²) in [6.07, 6.45) is 10.8. The number of ether oxygens (including phenoxy) is 1. The Morgan fingerprint density at radius 3 is 2.14 bits per heavy atom. The number of nitrogens with zero attached hydrogens (tertiary/aromatic N) is 2. The predicted molar refractivity (Wildman–Crippen MR) is 189 cm³/mol. The molecule has 11 nitrogen and oxygen atoms in total. The summed E-state index contributed by atoms with van der Waals surface area (Å²) < 4.78 is 21.0. The van der Waals surface area contributed by atoms with Crippen LogP contribution in [-0.4, -0.2) is 97.2 Å². The van der Waals surface area contributed by atoms with Gasteiger partial charge in [-0.3, -0.25) is 24.1 Å². The molecule has 3 aliphatic rings. The summed E-state index contributed by atoms with van der Waals surface area (Å²) in [5.41, 5.74) is 6.53. The molecule has 0 radical (unpaired) electrons. The van der Waals surface area contributed by atoms with Crippen LogP contribution in [0, 0.1) is 17.1 Å². The summed E-state index contributed by atoms with van der Waals surface area (Å²) in [5, 5.41) is 13.9. The van der Waals surface area contributed by atoms with Gasteiger partial charge in [-0.1, -0.05) is 43.5 Å². The summed E-state index contributed by atoms with van der Waals surface area (Å²) in [6.45, 7) is 3.64. The molecule has 2 aromatic rings. The second-order valence-electron chi connectivity index (χ2n) is 13.9. The second kappa shape index (κ2) is 18.2. The van der Waals surface area contributed by atoms with Gasteiger partial charge in [0.05, 0.1) is 24.3 Å². The largest absolute Gasteiger partial charge is 0.375 e. The Balaban J connectivity index is 0.956. The number of hydrogen-bond donors (Lipinski definition) is 4. The molecule has 2 aromatic carbocycles. The maximum Gasteiger partial charge on any atom is 0.254 e. The van der Waals surface area contributed by atoms with Gasteiger partial charge in [0, 0.05) is 68.9 Å². The minimum atomic E-state index is -0.697. The van der Waals surface area contributed by atoms with Gasteiger partial charge in [0.25, 0.3) is 5.91 Å². The molecule has 3 fully saturated rings. The fourth-order valence-electron chi connectivity index (χ4n) is 7.33. The number of amides is 4. The summed E-state index contributed by atoms with van der Waals surface area (Å²) in [5.74, 6) is -1.24. The maximum atomic E-state index is 14.6. The van der Waals surface area contributed by atoms with Crippen LogP contribution in [-0.2, 0) is 20.7 Å². The van der Waals surface area contributed by atoms with Crippen molar-refractivity contribution in [1.82, 2.24) is 20.4 Å². The lowest BCUT2D eigenvalue weighted by Crippen LogP contribution is -2.46. The normalized spacial score (nSPS) is 18.1. The Morgan fingerprint density at radius 1 is 0.820 bits per heavy atom. The Kier molecular flexibility index (Phi) is 13.5. The summed E-state index contributed by atoms with van der Waals surface area (Å²) in [6, 6.07) is 10.6. The van der Waals surface area contributed by atoms with Gasteiger partial charge in [0.1, 0.15) is 5.82 Å². The number of rotatable bonds is 14. The molecule has 1 saturated carbocycles. The van der Waals surface area contributed by atoms with Crippen molar-refractivity contribution >= 4 is 29.3 Å². The van der Waals surface area contributed by atoms with Gasteiger partial charge in [-0.2, -0.15) is 0 Å².